The summed E-state index contributed by atoms with van der Waals surface area (Å²) in [5, 5.41) is 3.79. The molecule has 1 aromatic carbocycles. The van der Waals surface area contributed by atoms with Gasteiger partial charge in [0.1, 0.15) is 5.75 Å². The number of benzene rings is 1. The van der Waals surface area contributed by atoms with Gasteiger partial charge < -0.3 is 15.0 Å². The predicted molar refractivity (Wildman–Crippen MR) is 83.6 cm³/mol. The van der Waals surface area contributed by atoms with Crippen LogP contribution in [0.5, 0.6) is 5.75 Å². The number of hydrogen-bond donors (Lipinski definition) is 1. The molecule has 110 valence electrons. The van der Waals surface area contributed by atoms with Crippen LogP contribution in [0.1, 0.15) is 39.0 Å². The van der Waals surface area contributed by atoms with Gasteiger partial charge in [0.15, 0.2) is 0 Å². The topological polar surface area (TPSA) is 24.5 Å². The van der Waals surface area contributed by atoms with Gasteiger partial charge in [0.25, 0.3) is 0 Å². The average Bonchev–Trinajstić information content (AvgIpc) is 2.82. The number of nitrogens with one attached hydrogen (secondary N) is 1. The van der Waals surface area contributed by atoms with Crippen LogP contribution in [0, 0.1) is 0 Å². The molecular weight excluding hydrogens is 248 g/mol. The SMILES string of the molecule is CCCC1(CN2CCCOc3ccccc32)CCCN1. The van der Waals surface area contributed by atoms with E-state index >= 15 is 0 Å². The Balaban J connectivity index is 1.82. The lowest BCUT2D eigenvalue weighted by Crippen LogP contribution is -2.50. The van der Waals surface area contributed by atoms with Gasteiger partial charge in [0.2, 0.25) is 0 Å². The van der Waals surface area contributed by atoms with Crippen molar-refractivity contribution < 1.29 is 4.74 Å². The molecule has 2 aliphatic rings. The molecule has 0 bridgehead atoms. The highest BCUT2D eigenvalue weighted by Crippen LogP contribution is 2.34. The van der Waals surface area contributed by atoms with Gasteiger partial charge in [0, 0.05) is 18.6 Å². The molecule has 1 N–H and O–H groups in total. The van der Waals surface area contributed by atoms with Crippen molar-refractivity contribution in [2.24, 2.45) is 0 Å². The fourth-order valence-corrected chi connectivity index (χ4v) is 3.70. The number of para-hydroxylation sites is 2. The maximum Gasteiger partial charge on any atom is 0.142 e. The molecule has 0 aliphatic carbocycles. The van der Waals surface area contributed by atoms with Crippen molar-refractivity contribution in [2.45, 2.75) is 44.6 Å². The molecule has 2 aliphatic heterocycles. The molecule has 2 heterocycles. The van der Waals surface area contributed by atoms with Crippen LogP contribution in [-0.4, -0.2) is 31.8 Å². The third kappa shape index (κ3) is 2.78. The summed E-state index contributed by atoms with van der Waals surface area (Å²) in [5.74, 6) is 1.05. The molecule has 0 aromatic heterocycles. The maximum absolute atomic E-state index is 5.87. The maximum atomic E-state index is 5.87. The zero-order chi connectivity index (χ0) is 13.8. The van der Waals surface area contributed by atoms with Gasteiger partial charge >= 0.3 is 0 Å². The molecule has 1 fully saturated rings. The summed E-state index contributed by atoms with van der Waals surface area (Å²) in [6.07, 6.45) is 6.24. The van der Waals surface area contributed by atoms with Gasteiger partial charge in [-0.1, -0.05) is 25.5 Å². The molecule has 0 saturated carbocycles. The van der Waals surface area contributed by atoms with E-state index in [1.165, 1.54) is 37.9 Å². The van der Waals surface area contributed by atoms with Gasteiger partial charge in [-0.25, -0.2) is 0 Å². The Morgan fingerprint density at radius 2 is 2.20 bits per heavy atom. The number of anilines is 1. The smallest absolute Gasteiger partial charge is 0.142 e. The number of fused-ring (bicyclic) bond motifs is 1. The Kier molecular flexibility index (Phi) is 4.16. The fraction of sp³-hybridized carbons (Fsp3) is 0.647. The summed E-state index contributed by atoms with van der Waals surface area (Å²) < 4.78 is 5.87. The number of nitrogens with zero attached hydrogens (tertiary/aromatic N) is 1. The van der Waals surface area contributed by atoms with Crippen LogP contribution in [0.15, 0.2) is 24.3 Å². The third-order valence-corrected chi connectivity index (χ3v) is 4.59. The molecule has 0 radical (unpaired) electrons. The minimum Gasteiger partial charge on any atom is -0.491 e. The highest BCUT2D eigenvalue weighted by atomic mass is 16.5. The largest absolute Gasteiger partial charge is 0.491 e. The van der Waals surface area contributed by atoms with Crippen molar-refractivity contribution in [1.29, 1.82) is 0 Å². The van der Waals surface area contributed by atoms with Crippen LogP contribution in [0.4, 0.5) is 5.69 Å². The van der Waals surface area contributed by atoms with Gasteiger partial charge in [-0.15, -0.1) is 0 Å². The van der Waals surface area contributed by atoms with Crippen LogP contribution in [0.25, 0.3) is 0 Å². The standard InChI is InChI=1S/C17H26N2O/c1-2-9-17(10-5-11-18-17)14-19-12-6-13-20-16-8-4-3-7-15(16)19/h3-4,7-8,18H,2,5-6,9-14H2,1H3. The number of rotatable bonds is 4. The first-order valence-electron chi connectivity index (χ1n) is 8.05. The van der Waals surface area contributed by atoms with E-state index in [1.807, 2.05) is 0 Å². The van der Waals surface area contributed by atoms with Crippen molar-refractivity contribution in [3.05, 3.63) is 24.3 Å². The Morgan fingerprint density at radius 3 is 3.00 bits per heavy atom. The molecule has 1 saturated heterocycles. The Morgan fingerprint density at radius 1 is 1.30 bits per heavy atom. The fourth-order valence-electron chi connectivity index (χ4n) is 3.70. The minimum atomic E-state index is 0.312. The summed E-state index contributed by atoms with van der Waals surface area (Å²) in [5.41, 5.74) is 1.58. The molecule has 3 rings (SSSR count). The third-order valence-electron chi connectivity index (χ3n) is 4.59. The van der Waals surface area contributed by atoms with E-state index in [1.54, 1.807) is 0 Å². The van der Waals surface area contributed by atoms with Crippen LogP contribution in [0.3, 0.4) is 0 Å². The molecular formula is C17H26N2O. The monoisotopic (exact) mass is 274 g/mol. The first-order chi connectivity index (χ1) is 9.83. The van der Waals surface area contributed by atoms with E-state index in [0.717, 1.165) is 31.9 Å². The summed E-state index contributed by atoms with van der Waals surface area (Å²) >= 11 is 0. The van der Waals surface area contributed by atoms with E-state index < -0.39 is 0 Å². The zero-order valence-corrected chi connectivity index (χ0v) is 12.5. The van der Waals surface area contributed by atoms with Crippen LogP contribution < -0.4 is 15.0 Å². The first kappa shape index (κ1) is 13.7. The van der Waals surface area contributed by atoms with E-state index in [4.69, 9.17) is 4.74 Å². The van der Waals surface area contributed by atoms with E-state index in [2.05, 4.69) is 41.4 Å². The molecule has 0 spiro atoms. The molecule has 1 atom stereocenters. The first-order valence-corrected chi connectivity index (χ1v) is 8.05. The Bertz CT molecular complexity index is 440. The number of hydrogen-bond acceptors (Lipinski definition) is 3. The molecule has 3 nitrogen and oxygen atoms in total. The van der Waals surface area contributed by atoms with Crippen LogP contribution in [0.2, 0.25) is 0 Å². The highest BCUT2D eigenvalue weighted by molar-refractivity contribution is 5.59. The zero-order valence-electron chi connectivity index (χ0n) is 12.5. The second-order valence-corrected chi connectivity index (χ2v) is 6.15. The molecule has 0 amide bonds. The van der Waals surface area contributed by atoms with Gasteiger partial charge in [-0.3, -0.25) is 0 Å². The summed E-state index contributed by atoms with van der Waals surface area (Å²) in [6.45, 7) is 6.51. The Labute approximate surface area is 122 Å². The van der Waals surface area contributed by atoms with Crippen molar-refractivity contribution in [3.8, 4) is 5.75 Å². The van der Waals surface area contributed by atoms with Gasteiger partial charge in [-0.05, 0) is 44.4 Å². The predicted octanol–water partition coefficient (Wildman–Crippen LogP) is 3.20. The lowest BCUT2D eigenvalue weighted by molar-refractivity contribution is 0.320. The molecule has 1 unspecified atom stereocenters. The normalized spacial score (nSPS) is 25.9. The van der Waals surface area contributed by atoms with Crippen molar-refractivity contribution in [1.82, 2.24) is 5.32 Å². The second-order valence-electron chi connectivity index (χ2n) is 6.15. The minimum absolute atomic E-state index is 0.312. The lowest BCUT2D eigenvalue weighted by Gasteiger charge is -2.36. The summed E-state index contributed by atoms with van der Waals surface area (Å²) in [7, 11) is 0. The summed E-state index contributed by atoms with van der Waals surface area (Å²) in [4.78, 5) is 2.54. The van der Waals surface area contributed by atoms with E-state index in [0.29, 0.717) is 5.54 Å². The lowest BCUT2D eigenvalue weighted by atomic mass is 9.91. The van der Waals surface area contributed by atoms with Gasteiger partial charge in [-0.2, -0.15) is 0 Å². The highest BCUT2D eigenvalue weighted by Gasteiger charge is 2.35. The number of ether oxygens (including phenoxy) is 1. The summed E-state index contributed by atoms with van der Waals surface area (Å²) in [6, 6.07) is 8.49. The molecule has 3 heteroatoms. The van der Waals surface area contributed by atoms with Crippen LogP contribution in [-0.2, 0) is 0 Å². The van der Waals surface area contributed by atoms with E-state index in [-0.39, 0.29) is 0 Å². The van der Waals surface area contributed by atoms with Crippen molar-refractivity contribution >= 4 is 5.69 Å². The second kappa shape index (κ2) is 6.04. The average molecular weight is 274 g/mol. The van der Waals surface area contributed by atoms with Crippen molar-refractivity contribution in [2.75, 3.05) is 31.1 Å². The molecule has 20 heavy (non-hydrogen) atoms. The Hall–Kier alpha value is -1.22. The van der Waals surface area contributed by atoms with Crippen LogP contribution >= 0.6 is 0 Å². The quantitative estimate of drug-likeness (QED) is 0.912. The van der Waals surface area contributed by atoms with E-state index in [9.17, 15) is 0 Å². The van der Waals surface area contributed by atoms with Crippen molar-refractivity contribution in [3.63, 3.8) is 0 Å². The molecule has 1 aromatic rings. The van der Waals surface area contributed by atoms with Gasteiger partial charge in [0.05, 0.1) is 12.3 Å².